The Balaban J connectivity index is 1.38. The number of ether oxygens (including phenoxy) is 2. The van der Waals surface area contributed by atoms with Crippen molar-refractivity contribution in [2.75, 3.05) is 19.7 Å². The Hall–Kier alpha value is -4.89. The van der Waals surface area contributed by atoms with Crippen LogP contribution in [0.15, 0.2) is 60.8 Å². The standard InChI is InChI=1S/C36H35F5N4O6/c1-33(2,48)26(38)16-43-32(47)34(3)18-50-30-24(34)15-27(45-29(30)19-6-8-22(37)9-7-19)35(49,36(39,40)41)17-44-31(46)21-13-20-5-4-12-42-28(20)25(14-21)51-23-10-11-23/h4-9,12-15,23,26,48-49H,10-11,16-18H2,1-3H3,(H,43,47)(H,44,46)/t26-,34+,35+/m1/s1. The van der Waals surface area contributed by atoms with Crippen LogP contribution in [0.1, 0.15) is 55.2 Å². The summed E-state index contributed by atoms with van der Waals surface area (Å²) in [5, 5.41) is 26.5. The lowest BCUT2D eigenvalue weighted by molar-refractivity contribution is -0.265. The quantitative estimate of drug-likeness (QED) is 0.159. The highest BCUT2D eigenvalue weighted by molar-refractivity contribution is 6.00. The highest BCUT2D eigenvalue weighted by Crippen LogP contribution is 2.48. The summed E-state index contributed by atoms with van der Waals surface area (Å²) in [7, 11) is 0. The number of hydrogen-bond donors (Lipinski definition) is 4. The zero-order valence-electron chi connectivity index (χ0n) is 27.8. The first kappa shape index (κ1) is 35.9. The lowest BCUT2D eigenvalue weighted by atomic mass is 9.81. The van der Waals surface area contributed by atoms with E-state index in [0.717, 1.165) is 31.0 Å². The number of aromatic nitrogens is 2. The second-order valence-electron chi connectivity index (χ2n) is 13.6. The molecule has 3 atom stereocenters. The maximum Gasteiger partial charge on any atom is 0.424 e. The van der Waals surface area contributed by atoms with Gasteiger partial charge in [0.05, 0.1) is 30.5 Å². The molecule has 15 heteroatoms. The number of nitrogens with one attached hydrogen (secondary N) is 2. The number of carbonyl (C=O) groups excluding carboxylic acids is 2. The Bertz CT molecular complexity index is 1980. The van der Waals surface area contributed by atoms with Crippen molar-refractivity contribution in [1.82, 2.24) is 20.6 Å². The molecule has 2 aromatic carbocycles. The topological polar surface area (TPSA) is 143 Å². The number of halogens is 5. The van der Waals surface area contributed by atoms with Crippen molar-refractivity contribution >= 4 is 22.7 Å². The van der Waals surface area contributed by atoms with Gasteiger partial charge in [-0.15, -0.1) is 0 Å². The normalized spacial score (nSPS) is 19.1. The molecule has 10 nitrogen and oxygen atoms in total. The Kier molecular flexibility index (Phi) is 9.17. The number of hydrogen-bond acceptors (Lipinski definition) is 8. The van der Waals surface area contributed by atoms with E-state index < -0.39 is 72.0 Å². The fourth-order valence-corrected chi connectivity index (χ4v) is 5.61. The van der Waals surface area contributed by atoms with Crippen LogP contribution in [-0.2, 0) is 15.8 Å². The third kappa shape index (κ3) is 7.04. The van der Waals surface area contributed by atoms with Crippen LogP contribution in [0, 0.1) is 5.82 Å². The molecular formula is C36H35F5N4O6. The van der Waals surface area contributed by atoms with E-state index in [0.29, 0.717) is 10.9 Å². The molecule has 51 heavy (non-hydrogen) atoms. The third-order valence-corrected chi connectivity index (χ3v) is 9.05. The summed E-state index contributed by atoms with van der Waals surface area (Å²) >= 11 is 0. The molecule has 1 fully saturated rings. The van der Waals surface area contributed by atoms with Gasteiger partial charge < -0.3 is 30.3 Å². The van der Waals surface area contributed by atoms with Crippen LogP contribution in [0.5, 0.6) is 11.5 Å². The van der Waals surface area contributed by atoms with Gasteiger partial charge in [-0.2, -0.15) is 13.2 Å². The van der Waals surface area contributed by atoms with E-state index in [9.17, 15) is 41.8 Å². The predicted octanol–water partition coefficient (Wildman–Crippen LogP) is 5.03. The highest BCUT2D eigenvalue weighted by Gasteiger charge is 2.58. The molecule has 2 amide bonds. The Morgan fingerprint density at radius 3 is 2.43 bits per heavy atom. The van der Waals surface area contributed by atoms with E-state index >= 15 is 0 Å². The molecule has 0 saturated heterocycles. The van der Waals surface area contributed by atoms with E-state index in [4.69, 9.17) is 9.47 Å². The largest absolute Gasteiger partial charge is 0.489 e. The number of amides is 2. The van der Waals surface area contributed by atoms with Crippen molar-refractivity contribution < 1.29 is 51.2 Å². The van der Waals surface area contributed by atoms with Gasteiger partial charge in [-0.25, -0.2) is 13.8 Å². The second kappa shape index (κ2) is 13.0. The fraction of sp³-hybridized carbons (Fsp3) is 0.389. The number of carbonyl (C=O) groups is 2. The van der Waals surface area contributed by atoms with E-state index in [1.165, 1.54) is 45.0 Å². The predicted molar refractivity (Wildman–Crippen MR) is 174 cm³/mol. The number of rotatable bonds is 11. The Labute approximate surface area is 289 Å². The van der Waals surface area contributed by atoms with Gasteiger partial charge in [0.25, 0.3) is 5.91 Å². The Morgan fingerprint density at radius 2 is 1.78 bits per heavy atom. The zero-order chi connectivity index (χ0) is 36.9. The van der Waals surface area contributed by atoms with Gasteiger partial charge in [0.1, 0.15) is 46.7 Å². The van der Waals surface area contributed by atoms with Crippen molar-refractivity contribution in [2.24, 2.45) is 0 Å². The maximum absolute atomic E-state index is 15.0. The molecule has 3 heterocycles. The van der Waals surface area contributed by atoms with Gasteiger partial charge in [0, 0.05) is 28.3 Å². The average Bonchev–Trinajstić information content (AvgIpc) is 3.84. The number of aliphatic hydroxyl groups is 2. The minimum atomic E-state index is -5.43. The number of alkyl halides is 4. The molecule has 0 unspecified atom stereocenters. The first-order valence-electron chi connectivity index (χ1n) is 16.1. The highest BCUT2D eigenvalue weighted by atomic mass is 19.4. The summed E-state index contributed by atoms with van der Waals surface area (Å²) in [6.07, 6.45) is -4.23. The van der Waals surface area contributed by atoms with Gasteiger partial charge in [-0.1, -0.05) is 6.07 Å². The van der Waals surface area contributed by atoms with Crippen LogP contribution < -0.4 is 20.1 Å². The van der Waals surface area contributed by atoms with Crippen molar-refractivity contribution in [3.8, 4) is 22.8 Å². The fourth-order valence-electron chi connectivity index (χ4n) is 5.61. The molecular weight excluding hydrogens is 679 g/mol. The molecule has 0 spiro atoms. The van der Waals surface area contributed by atoms with Gasteiger partial charge in [0.15, 0.2) is 0 Å². The molecule has 1 saturated carbocycles. The number of fused-ring (bicyclic) bond motifs is 2. The number of nitrogens with zero attached hydrogens (tertiary/aromatic N) is 2. The first-order chi connectivity index (χ1) is 23.9. The van der Waals surface area contributed by atoms with Crippen molar-refractivity contribution in [3.63, 3.8) is 0 Å². The maximum atomic E-state index is 15.0. The molecule has 1 aliphatic carbocycles. The molecule has 4 aromatic rings. The van der Waals surface area contributed by atoms with Crippen LogP contribution >= 0.6 is 0 Å². The van der Waals surface area contributed by atoms with E-state index in [2.05, 4.69) is 20.6 Å². The Morgan fingerprint density at radius 1 is 1.08 bits per heavy atom. The molecule has 0 radical (unpaired) electrons. The van der Waals surface area contributed by atoms with Crippen LogP contribution in [0.2, 0.25) is 0 Å². The summed E-state index contributed by atoms with van der Waals surface area (Å²) in [5.41, 5.74) is -8.16. The van der Waals surface area contributed by atoms with Gasteiger partial charge in [-0.3, -0.25) is 14.6 Å². The summed E-state index contributed by atoms with van der Waals surface area (Å²) in [5.74, 6) is -2.26. The van der Waals surface area contributed by atoms with E-state index in [-0.39, 0.29) is 40.0 Å². The van der Waals surface area contributed by atoms with Crippen molar-refractivity contribution in [1.29, 1.82) is 0 Å². The molecule has 4 N–H and O–H groups in total. The lowest BCUT2D eigenvalue weighted by Gasteiger charge is -2.32. The molecule has 270 valence electrons. The molecule has 6 rings (SSSR count). The van der Waals surface area contributed by atoms with Crippen LogP contribution in [-0.4, -0.2) is 75.7 Å². The van der Waals surface area contributed by atoms with Crippen LogP contribution in [0.4, 0.5) is 22.0 Å². The van der Waals surface area contributed by atoms with Gasteiger partial charge >= 0.3 is 6.18 Å². The van der Waals surface area contributed by atoms with Crippen LogP contribution in [0.3, 0.4) is 0 Å². The number of pyridine rings is 2. The van der Waals surface area contributed by atoms with Crippen molar-refractivity contribution in [2.45, 2.75) is 68.7 Å². The smallest absolute Gasteiger partial charge is 0.424 e. The average molecular weight is 715 g/mol. The molecule has 2 aromatic heterocycles. The first-order valence-corrected chi connectivity index (χ1v) is 16.1. The summed E-state index contributed by atoms with van der Waals surface area (Å²) in [4.78, 5) is 35.3. The van der Waals surface area contributed by atoms with E-state index in [1.807, 2.05) is 0 Å². The monoisotopic (exact) mass is 714 g/mol. The minimum Gasteiger partial charge on any atom is -0.489 e. The molecule has 2 aliphatic rings. The third-order valence-electron chi connectivity index (χ3n) is 9.05. The zero-order valence-corrected chi connectivity index (χ0v) is 27.8. The van der Waals surface area contributed by atoms with E-state index in [1.54, 1.807) is 18.3 Å². The molecule has 1 aliphatic heterocycles. The molecule has 0 bridgehead atoms. The SMILES string of the molecule is CC(C)(O)[C@H](F)CNC(=O)[C@@]1(C)COc2c1cc([C@@](O)(CNC(=O)c1cc(OC3CC3)c3ncccc3c1)C(F)(F)F)nc2-c1ccc(F)cc1. The van der Waals surface area contributed by atoms with Crippen molar-refractivity contribution in [3.05, 3.63) is 83.4 Å². The van der Waals surface area contributed by atoms with Crippen LogP contribution in [0.25, 0.3) is 22.2 Å². The minimum absolute atomic E-state index is 0.0422. The second-order valence-corrected chi connectivity index (χ2v) is 13.6. The summed E-state index contributed by atoms with van der Waals surface area (Å²) in [6.45, 7) is 1.35. The summed E-state index contributed by atoms with van der Waals surface area (Å²) in [6, 6.07) is 11.5. The lowest BCUT2D eigenvalue weighted by Crippen LogP contribution is -2.52. The summed E-state index contributed by atoms with van der Waals surface area (Å²) < 4.78 is 85.1. The number of benzene rings is 2. The van der Waals surface area contributed by atoms with Gasteiger partial charge in [-0.05, 0) is 82.1 Å². The van der Waals surface area contributed by atoms with Gasteiger partial charge in [0.2, 0.25) is 11.5 Å².